The van der Waals surface area contributed by atoms with E-state index < -0.39 is 0 Å². The molecule has 0 aliphatic rings. The molecule has 2 N–H and O–H groups in total. The lowest BCUT2D eigenvalue weighted by atomic mass is 10.2. The predicted octanol–water partition coefficient (Wildman–Crippen LogP) is 1.84. The number of hydrogen-bond donors (Lipinski definition) is 2. The van der Waals surface area contributed by atoms with Crippen molar-refractivity contribution < 1.29 is 9.90 Å². The highest BCUT2D eigenvalue weighted by atomic mass is 35.5. The lowest BCUT2D eigenvalue weighted by Gasteiger charge is -2.17. The van der Waals surface area contributed by atoms with Crippen LogP contribution in [0.4, 0.5) is 5.82 Å². The zero-order valence-corrected chi connectivity index (χ0v) is 12.6. The predicted molar refractivity (Wildman–Crippen MR) is 81.1 cm³/mol. The number of aliphatic hydroxyl groups excluding tert-OH is 1. The topological polar surface area (TPSA) is 65.5 Å². The second-order valence-electron chi connectivity index (χ2n) is 4.68. The molecule has 1 aromatic rings. The minimum absolute atomic E-state index is 0.0218. The first kappa shape index (κ1) is 16.7. The van der Waals surface area contributed by atoms with E-state index in [1.807, 2.05) is 7.05 Å². The molecule has 1 rings (SSSR count). The quantitative estimate of drug-likeness (QED) is 0.683. The fourth-order valence-corrected chi connectivity index (χ4v) is 1.88. The van der Waals surface area contributed by atoms with Crippen molar-refractivity contribution in [1.82, 2.24) is 10.3 Å². The molecule has 1 heterocycles. The van der Waals surface area contributed by atoms with Crippen molar-refractivity contribution in [2.24, 2.45) is 0 Å². The molecule has 0 aliphatic carbocycles. The van der Waals surface area contributed by atoms with Gasteiger partial charge in [0.2, 0.25) is 5.91 Å². The first-order chi connectivity index (χ1) is 9.63. The Bertz CT molecular complexity index is 398. The molecule has 5 nitrogen and oxygen atoms in total. The number of aliphatic hydroxyl groups is 1. The second-order valence-corrected chi connectivity index (χ2v) is 5.11. The van der Waals surface area contributed by atoms with Gasteiger partial charge in [-0.05, 0) is 25.0 Å². The van der Waals surface area contributed by atoms with Gasteiger partial charge in [-0.1, -0.05) is 24.4 Å². The maximum absolute atomic E-state index is 11.7. The molecular formula is C14H22ClN3O2. The lowest BCUT2D eigenvalue weighted by Crippen LogP contribution is -2.35. The van der Waals surface area contributed by atoms with Crippen molar-refractivity contribution in [2.45, 2.75) is 25.7 Å². The first-order valence-corrected chi connectivity index (χ1v) is 7.21. The number of rotatable bonds is 9. The molecule has 0 saturated carbocycles. The molecule has 0 atom stereocenters. The van der Waals surface area contributed by atoms with Crippen LogP contribution in [0, 0.1) is 0 Å². The smallest absolute Gasteiger partial charge is 0.239 e. The van der Waals surface area contributed by atoms with Gasteiger partial charge in [-0.25, -0.2) is 4.98 Å². The third kappa shape index (κ3) is 6.73. The zero-order chi connectivity index (χ0) is 14.8. The van der Waals surface area contributed by atoms with E-state index in [-0.39, 0.29) is 19.1 Å². The van der Waals surface area contributed by atoms with Crippen molar-refractivity contribution in [2.75, 3.05) is 31.6 Å². The number of likely N-dealkylation sites (N-methyl/N-ethyl adjacent to an activating group) is 1. The maximum Gasteiger partial charge on any atom is 0.239 e. The summed E-state index contributed by atoms with van der Waals surface area (Å²) < 4.78 is 0. The van der Waals surface area contributed by atoms with Gasteiger partial charge < -0.3 is 15.3 Å². The Balaban J connectivity index is 2.19. The maximum atomic E-state index is 11.7. The van der Waals surface area contributed by atoms with E-state index in [0.29, 0.717) is 17.4 Å². The Hall–Kier alpha value is -1.33. The number of carbonyl (C=O) groups is 1. The van der Waals surface area contributed by atoms with Gasteiger partial charge in [0.15, 0.2) is 0 Å². The van der Waals surface area contributed by atoms with Crippen LogP contribution < -0.4 is 10.2 Å². The molecule has 0 aliphatic heterocycles. The summed E-state index contributed by atoms with van der Waals surface area (Å²) in [5.41, 5.74) is 0. The number of unbranched alkanes of at least 4 members (excludes halogenated alkanes) is 3. The van der Waals surface area contributed by atoms with Crippen LogP contribution in [-0.4, -0.2) is 42.7 Å². The van der Waals surface area contributed by atoms with Crippen LogP contribution in [0.3, 0.4) is 0 Å². The highest BCUT2D eigenvalue weighted by molar-refractivity contribution is 6.30. The third-order valence-corrected chi connectivity index (χ3v) is 3.11. The van der Waals surface area contributed by atoms with E-state index in [4.69, 9.17) is 16.7 Å². The van der Waals surface area contributed by atoms with Gasteiger partial charge in [-0.15, -0.1) is 0 Å². The number of nitrogens with one attached hydrogen (secondary N) is 1. The van der Waals surface area contributed by atoms with Crippen LogP contribution in [0.1, 0.15) is 25.7 Å². The molecule has 0 unspecified atom stereocenters. The molecule has 112 valence electrons. The van der Waals surface area contributed by atoms with Gasteiger partial charge in [0.05, 0.1) is 11.6 Å². The number of carbonyl (C=O) groups excluding carboxylic acids is 1. The van der Waals surface area contributed by atoms with E-state index in [1.165, 1.54) is 0 Å². The molecule has 20 heavy (non-hydrogen) atoms. The Morgan fingerprint density at radius 3 is 2.75 bits per heavy atom. The van der Waals surface area contributed by atoms with Gasteiger partial charge in [-0.3, -0.25) is 4.79 Å². The average Bonchev–Trinajstić information content (AvgIpc) is 2.43. The number of amides is 1. The van der Waals surface area contributed by atoms with Crippen LogP contribution in [-0.2, 0) is 4.79 Å². The van der Waals surface area contributed by atoms with Crippen LogP contribution in [0.15, 0.2) is 18.3 Å². The number of hydrogen-bond acceptors (Lipinski definition) is 4. The first-order valence-electron chi connectivity index (χ1n) is 6.83. The van der Waals surface area contributed by atoms with E-state index in [1.54, 1.807) is 23.2 Å². The van der Waals surface area contributed by atoms with Gasteiger partial charge in [0.25, 0.3) is 0 Å². The van der Waals surface area contributed by atoms with Crippen LogP contribution in [0.25, 0.3) is 0 Å². The molecule has 0 saturated heterocycles. The summed E-state index contributed by atoms with van der Waals surface area (Å²) in [6.07, 6.45) is 5.36. The van der Waals surface area contributed by atoms with Crippen molar-refractivity contribution in [3.8, 4) is 0 Å². The van der Waals surface area contributed by atoms with E-state index in [2.05, 4.69) is 10.3 Å². The molecule has 0 aromatic carbocycles. The van der Waals surface area contributed by atoms with Crippen molar-refractivity contribution >= 4 is 23.3 Å². The summed E-state index contributed by atoms with van der Waals surface area (Å²) in [5.74, 6) is 0.693. The number of halogens is 1. The summed E-state index contributed by atoms with van der Waals surface area (Å²) >= 11 is 5.77. The normalized spacial score (nSPS) is 10.3. The number of aromatic nitrogens is 1. The number of nitrogens with zero attached hydrogens (tertiary/aromatic N) is 2. The highest BCUT2D eigenvalue weighted by Crippen LogP contribution is 2.12. The molecule has 0 spiro atoms. The lowest BCUT2D eigenvalue weighted by molar-refractivity contribution is -0.119. The van der Waals surface area contributed by atoms with Crippen LogP contribution in [0.2, 0.25) is 5.02 Å². The summed E-state index contributed by atoms with van der Waals surface area (Å²) in [5, 5.41) is 12.1. The minimum Gasteiger partial charge on any atom is -0.396 e. The SMILES string of the molecule is CN(CC(=O)NCCCCCCO)c1ccc(Cl)cn1. The second kappa shape index (κ2) is 9.55. The van der Waals surface area contributed by atoms with Crippen LogP contribution >= 0.6 is 11.6 Å². The zero-order valence-electron chi connectivity index (χ0n) is 11.8. The number of anilines is 1. The van der Waals surface area contributed by atoms with Crippen molar-refractivity contribution in [1.29, 1.82) is 0 Å². The molecule has 0 radical (unpaired) electrons. The third-order valence-electron chi connectivity index (χ3n) is 2.89. The Morgan fingerprint density at radius 2 is 2.10 bits per heavy atom. The van der Waals surface area contributed by atoms with Crippen LogP contribution in [0.5, 0.6) is 0 Å². The monoisotopic (exact) mass is 299 g/mol. The average molecular weight is 300 g/mol. The Kier molecular flexibility index (Phi) is 7.99. The van der Waals surface area contributed by atoms with E-state index in [0.717, 1.165) is 25.7 Å². The molecule has 6 heteroatoms. The molecular weight excluding hydrogens is 278 g/mol. The summed E-state index contributed by atoms with van der Waals surface area (Å²) in [6.45, 7) is 1.18. The standard InChI is InChI=1S/C14H22ClN3O2/c1-18(13-7-6-12(15)10-17-13)11-14(20)16-8-4-2-3-5-9-19/h6-7,10,19H,2-5,8-9,11H2,1H3,(H,16,20). The minimum atomic E-state index is -0.0218. The van der Waals surface area contributed by atoms with Gasteiger partial charge in [0, 0.05) is 26.4 Å². The van der Waals surface area contributed by atoms with E-state index >= 15 is 0 Å². The summed E-state index contributed by atoms with van der Waals surface area (Å²) in [4.78, 5) is 17.7. The summed E-state index contributed by atoms with van der Waals surface area (Å²) in [6, 6.07) is 3.53. The van der Waals surface area contributed by atoms with Gasteiger partial charge >= 0.3 is 0 Å². The van der Waals surface area contributed by atoms with Crippen molar-refractivity contribution in [3.63, 3.8) is 0 Å². The Labute approximate surface area is 125 Å². The molecule has 1 amide bonds. The Morgan fingerprint density at radius 1 is 1.35 bits per heavy atom. The summed E-state index contributed by atoms with van der Waals surface area (Å²) in [7, 11) is 1.82. The fourth-order valence-electron chi connectivity index (χ4n) is 1.76. The molecule has 1 aromatic heterocycles. The molecule has 0 fully saturated rings. The highest BCUT2D eigenvalue weighted by Gasteiger charge is 2.07. The largest absolute Gasteiger partial charge is 0.396 e. The molecule has 0 bridgehead atoms. The van der Waals surface area contributed by atoms with Crippen molar-refractivity contribution in [3.05, 3.63) is 23.4 Å². The van der Waals surface area contributed by atoms with Gasteiger partial charge in [0.1, 0.15) is 5.82 Å². The van der Waals surface area contributed by atoms with Gasteiger partial charge in [-0.2, -0.15) is 0 Å². The fraction of sp³-hybridized carbons (Fsp3) is 0.571. The number of pyridine rings is 1. The van der Waals surface area contributed by atoms with E-state index in [9.17, 15) is 4.79 Å².